The summed E-state index contributed by atoms with van der Waals surface area (Å²) in [6.07, 6.45) is 0. The van der Waals surface area contributed by atoms with Crippen molar-refractivity contribution in [3.8, 4) is 11.5 Å². The van der Waals surface area contributed by atoms with Gasteiger partial charge in [-0.3, -0.25) is 4.79 Å². The van der Waals surface area contributed by atoms with Crippen LogP contribution in [0.25, 0.3) is 0 Å². The van der Waals surface area contributed by atoms with E-state index in [0.717, 1.165) is 11.3 Å². The number of rotatable bonds is 6. The zero-order chi connectivity index (χ0) is 17.5. The van der Waals surface area contributed by atoms with E-state index in [0.29, 0.717) is 5.75 Å². The number of para-hydroxylation sites is 1. The van der Waals surface area contributed by atoms with Crippen LogP contribution in [0.15, 0.2) is 54.6 Å². The summed E-state index contributed by atoms with van der Waals surface area (Å²) in [6, 6.07) is 15.3. The fourth-order valence-corrected chi connectivity index (χ4v) is 2.15. The summed E-state index contributed by atoms with van der Waals surface area (Å²) in [5.41, 5.74) is 5.94. The molecule has 3 amide bonds. The van der Waals surface area contributed by atoms with Gasteiger partial charge in [0.15, 0.2) is 0 Å². The number of hydrogen-bond acceptors (Lipinski definition) is 3. The third kappa shape index (κ3) is 5.01. The van der Waals surface area contributed by atoms with Gasteiger partial charge in [0.05, 0.1) is 6.04 Å². The maximum absolute atomic E-state index is 12.0. The minimum atomic E-state index is -0.729. The predicted molar refractivity (Wildman–Crippen MR) is 91.7 cm³/mol. The summed E-state index contributed by atoms with van der Waals surface area (Å²) in [6.45, 7) is 3.44. The molecular weight excluding hydrogens is 306 g/mol. The Labute approximate surface area is 141 Å². The van der Waals surface area contributed by atoms with Crippen molar-refractivity contribution >= 4 is 11.9 Å². The van der Waals surface area contributed by atoms with Crippen LogP contribution in [0.5, 0.6) is 11.5 Å². The highest BCUT2D eigenvalue weighted by atomic mass is 16.5. The van der Waals surface area contributed by atoms with Crippen LogP contribution in [0.2, 0.25) is 0 Å². The van der Waals surface area contributed by atoms with Crippen molar-refractivity contribution in [3.05, 3.63) is 60.2 Å². The minimum absolute atomic E-state index is 0.208. The molecule has 0 bridgehead atoms. The SMILES string of the molecule is C[C@H](NC(N)=O)C(=O)N[C@@H](C)c1ccc(Oc2ccccc2)cc1. The van der Waals surface area contributed by atoms with Gasteiger partial charge in [0.25, 0.3) is 0 Å². The number of benzene rings is 2. The average Bonchev–Trinajstić information content (AvgIpc) is 2.55. The lowest BCUT2D eigenvalue weighted by Crippen LogP contribution is -2.47. The standard InChI is InChI=1S/C18H21N3O3/c1-12(20-17(22)13(2)21-18(19)23)14-8-10-16(11-9-14)24-15-6-4-3-5-7-15/h3-13H,1-2H3,(H,20,22)(H3,19,21,23)/t12-,13-/m0/s1. The molecule has 0 aliphatic heterocycles. The number of ether oxygens (including phenoxy) is 1. The van der Waals surface area contributed by atoms with Gasteiger partial charge in [0.2, 0.25) is 5.91 Å². The lowest BCUT2D eigenvalue weighted by Gasteiger charge is -2.18. The summed E-state index contributed by atoms with van der Waals surface area (Å²) in [4.78, 5) is 22.7. The molecule has 4 N–H and O–H groups in total. The van der Waals surface area contributed by atoms with Crippen LogP contribution in [-0.4, -0.2) is 18.0 Å². The third-order valence-electron chi connectivity index (χ3n) is 3.47. The zero-order valence-electron chi connectivity index (χ0n) is 13.7. The summed E-state index contributed by atoms with van der Waals surface area (Å²) >= 11 is 0. The van der Waals surface area contributed by atoms with Crippen molar-refractivity contribution in [1.82, 2.24) is 10.6 Å². The van der Waals surface area contributed by atoms with Gasteiger partial charge in [-0.1, -0.05) is 30.3 Å². The molecule has 126 valence electrons. The number of nitrogens with two attached hydrogens (primary N) is 1. The van der Waals surface area contributed by atoms with E-state index in [1.807, 2.05) is 61.5 Å². The van der Waals surface area contributed by atoms with Crippen LogP contribution in [0.1, 0.15) is 25.5 Å². The smallest absolute Gasteiger partial charge is 0.312 e. The van der Waals surface area contributed by atoms with Crippen LogP contribution in [0, 0.1) is 0 Å². The molecule has 0 radical (unpaired) electrons. The second-order valence-electron chi connectivity index (χ2n) is 5.44. The molecule has 2 atom stereocenters. The Bertz CT molecular complexity index is 686. The maximum Gasteiger partial charge on any atom is 0.312 e. The molecule has 0 saturated heterocycles. The van der Waals surface area contributed by atoms with Crippen molar-refractivity contribution in [2.24, 2.45) is 5.73 Å². The Morgan fingerprint density at radius 1 is 0.917 bits per heavy atom. The maximum atomic E-state index is 12.0. The summed E-state index contributed by atoms with van der Waals surface area (Å²) < 4.78 is 5.73. The Balaban J connectivity index is 1.94. The molecule has 0 aliphatic carbocycles. The van der Waals surface area contributed by atoms with Crippen molar-refractivity contribution < 1.29 is 14.3 Å². The second kappa shape index (κ2) is 8.01. The number of carbonyl (C=O) groups is 2. The van der Waals surface area contributed by atoms with E-state index in [9.17, 15) is 9.59 Å². The highest BCUT2D eigenvalue weighted by Crippen LogP contribution is 2.23. The number of carbonyl (C=O) groups excluding carboxylic acids is 2. The molecule has 2 aromatic carbocycles. The van der Waals surface area contributed by atoms with Crippen molar-refractivity contribution in [2.45, 2.75) is 25.9 Å². The third-order valence-corrected chi connectivity index (χ3v) is 3.47. The van der Waals surface area contributed by atoms with Gasteiger partial charge in [-0.2, -0.15) is 0 Å². The normalized spacial score (nSPS) is 12.8. The molecule has 0 fully saturated rings. The summed E-state index contributed by atoms with van der Waals surface area (Å²) in [7, 11) is 0. The number of urea groups is 1. The number of nitrogens with one attached hydrogen (secondary N) is 2. The van der Waals surface area contributed by atoms with Gasteiger partial charge in [-0.05, 0) is 43.7 Å². The summed E-state index contributed by atoms with van der Waals surface area (Å²) in [5.74, 6) is 1.18. The number of hydrogen-bond donors (Lipinski definition) is 3. The highest BCUT2D eigenvalue weighted by Gasteiger charge is 2.17. The fourth-order valence-electron chi connectivity index (χ4n) is 2.15. The lowest BCUT2D eigenvalue weighted by molar-refractivity contribution is -0.123. The van der Waals surface area contributed by atoms with Gasteiger partial charge < -0.3 is 21.1 Å². The number of primary amides is 1. The molecule has 0 aromatic heterocycles. The first-order valence-corrected chi connectivity index (χ1v) is 7.65. The highest BCUT2D eigenvalue weighted by molar-refractivity contribution is 5.86. The van der Waals surface area contributed by atoms with E-state index in [2.05, 4.69) is 10.6 Å². The molecule has 0 saturated carbocycles. The largest absolute Gasteiger partial charge is 0.457 e. The van der Waals surface area contributed by atoms with Crippen LogP contribution in [-0.2, 0) is 4.79 Å². The molecule has 6 heteroatoms. The van der Waals surface area contributed by atoms with E-state index >= 15 is 0 Å². The average molecular weight is 327 g/mol. The van der Waals surface area contributed by atoms with Gasteiger partial charge in [0, 0.05) is 0 Å². The first kappa shape index (κ1) is 17.3. The van der Waals surface area contributed by atoms with Crippen molar-refractivity contribution in [3.63, 3.8) is 0 Å². The molecule has 2 aromatic rings. The van der Waals surface area contributed by atoms with Crippen LogP contribution < -0.4 is 21.1 Å². The van der Waals surface area contributed by atoms with Crippen LogP contribution in [0.3, 0.4) is 0 Å². The zero-order valence-corrected chi connectivity index (χ0v) is 13.7. The van der Waals surface area contributed by atoms with E-state index in [1.165, 1.54) is 0 Å². The van der Waals surface area contributed by atoms with Crippen LogP contribution in [0.4, 0.5) is 4.79 Å². The Morgan fingerprint density at radius 3 is 2.08 bits per heavy atom. The van der Waals surface area contributed by atoms with Gasteiger partial charge in [0.1, 0.15) is 17.5 Å². The second-order valence-corrected chi connectivity index (χ2v) is 5.44. The molecule has 0 spiro atoms. The molecule has 0 aliphatic rings. The fraction of sp³-hybridized carbons (Fsp3) is 0.222. The summed E-state index contributed by atoms with van der Waals surface area (Å²) in [5, 5.41) is 5.16. The van der Waals surface area contributed by atoms with Crippen molar-refractivity contribution in [1.29, 1.82) is 0 Å². The first-order chi connectivity index (χ1) is 11.5. The molecule has 0 heterocycles. The minimum Gasteiger partial charge on any atom is -0.457 e. The molecule has 2 rings (SSSR count). The van der Waals surface area contributed by atoms with E-state index < -0.39 is 12.1 Å². The van der Waals surface area contributed by atoms with E-state index in [-0.39, 0.29) is 11.9 Å². The molecule has 0 unspecified atom stereocenters. The molecule has 6 nitrogen and oxygen atoms in total. The Kier molecular flexibility index (Phi) is 5.78. The molecule has 24 heavy (non-hydrogen) atoms. The van der Waals surface area contributed by atoms with E-state index in [4.69, 9.17) is 10.5 Å². The predicted octanol–water partition coefficient (Wildman–Crippen LogP) is 2.71. The topological polar surface area (TPSA) is 93.5 Å². The Morgan fingerprint density at radius 2 is 1.50 bits per heavy atom. The first-order valence-electron chi connectivity index (χ1n) is 7.65. The Hall–Kier alpha value is -3.02. The van der Waals surface area contributed by atoms with Crippen LogP contribution >= 0.6 is 0 Å². The van der Waals surface area contributed by atoms with E-state index in [1.54, 1.807) is 6.92 Å². The quantitative estimate of drug-likeness (QED) is 0.761. The lowest BCUT2D eigenvalue weighted by atomic mass is 10.1. The monoisotopic (exact) mass is 327 g/mol. The van der Waals surface area contributed by atoms with Gasteiger partial charge >= 0.3 is 6.03 Å². The van der Waals surface area contributed by atoms with Gasteiger partial charge in [-0.15, -0.1) is 0 Å². The molecular formula is C18H21N3O3. The van der Waals surface area contributed by atoms with Crippen molar-refractivity contribution in [2.75, 3.05) is 0 Å². The number of amides is 3. The van der Waals surface area contributed by atoms with Gasteiger partial charge in [-0.25, -0.2) is 4.79 Å².